The summed E-state index contributed by atoms with van der Waals surface area (Å²) < 4.78 is 34.8. The quantitative estimate of drug-likeness (QED) is 0.483. The summed E-state index contributed by atoms with van der Waals surface area (Å²) in [7, 11) is 0. The third kappa shape index (κ3) is 6.72. The fourth-order valence-corrected chi connectivity index (χ4v) is 3.71. The number of nitrogens with zero attached hydrogens (tertiary/aromatic N) is 1. The molecule has 9 heteroatoms. The molecule has 2 heterocycles. The highest BCUT2D eigenvalue weighted by Gasteiger charge is 2.26. The highest BCUT2D eigenvalue weighted by molar-refractivity contribution is 5.88. The monoisotopic (exact) mass is 470 g/mol. The maximum Gasteiger partial charge on any atom is 0.417 e. The topological polar surface area (TPSA) is 93.4 Å². The molecule has 34 heavy (non-hydrogen) atoms. The Morgan fingerprint density at radius 2 is 2.06 bits per heavy atom. The number of hydrogen-bond donors (Lipinski definition) is 2. The molecule has 1 fully saturated rings. The number of nitrogens with one attached hydrogen (secondary N) is 1. The predicted octanol–water partition coefficient (Wildman–Crippen LogP) is 4.23. The lowest BCUT2D eigenvalue weighted by atomic mass is 10.2. The van der Waals surface area contributed by atoms with E-state index in [0.29, 0.717) is 30.3 Å². The molecule has 2 N–H and O–H groups in total. The number of β-amino-alcohol motifs (C(OH)–C–C–N with tert-alkyl or cyclic N) is 1. The molecule has 0 radical (unpaired) electrons. The SMILES string of the molecule is Cc1ccc(NC(=O)Oc2ccoc2)c(OCC(O)CN2CCC(Oc3ccc(F)cc3)C2)c1. The Morgan fingerprint density at radius 3 is 2.82 bits per heavy atom. The third-order valence-electron chi connectivity index (χ3n) is 5.33. The number of aliphatic hydroxyl groups is 1. The van der Waals surface area contributed by atoms with E-state index in [1.807, 2.05) is 13.0 Å². The molecule has 2 atom stereocenters. The minimum Gasteiger partial charge on any atom is -0.489 e. The number of aliphatic hydroxyl groups excluding tert-OH is 1. The van der Waals surface area contributed by atoms with Crippen LogP contribution in [-0.4, -0.2) is 54.5 Å². The highest BCUT2D eigenvalue weighted by Crippen LogP contribution is 2.27. The van der Waals surface area contributed by atoms with Crippen molar-refractivity contribution in [3.8, 4) is 17.2 Å². The molecule has 2 unspecified atom stereocenters. The smallest absolute Gasteiger partial charge is 0.417 e. The molecule has 1 amide bonds. The van der Waals surface area contributed by atoms with Gasteiger partial charge in [-0.2, -0.15) is 0 Å². The first-order valence-electron chi connectivity index (χ1n) is 11.0. The van der Waals surface area contributed by atoms with E-state index in [9.17, 15) is 14.3 Å². The van der Waals surface area contributed by atoms with Crippen LogP contribution in [0.3, 0.4) is 0 Å². The Kier molecular flexibility index (Phi) is 7.66. The molecular formula is C25H27FN2O6. The van der Waals surface area contributed by atoms with E-state index in [1.54, 1.807) is 24.3 Å². The Morgan fingerprint density at radius 1 is 1.24 bits per heavy atom. The van der Waals surface area contributed by atoms with E-state index < -0.39 is 12.2 Å². The summed E-state index contributed by atoms with van der Waals surface area (Å²) >= 11 is 0. The van der Waals surface area contributed by atoms with Gasteiger partial charge in [-0.15, -0.1) is 0 Å². The van der Waals surface area contributed by atoms with E-state index in [0.717, 1.165) is 18.5 Å². The van der Waals surface area contributed by atoms with Crippen molar-refractivity contribution >= 4 is 11.8 Å². The maximum atomic E-state index is 13.1. The maximum absolute atomic E-state index is 13.1. The van der Waals surface area contributed by atoms with Gasteiger partial charge in [0.1, 0.15) is 42.4 Å². The molecule has 0 aliphatic carbocycles. The molecule has 3 aromatic rings. The normalized spacial score (nSPS) is 16.7. The van der Waals surface area contributed by atoms with Crippen LogP contribution in [-0.2, 0) is 0 Å². The molecule has 1 aliphatic heterocycles. The zero-order valence-electron chi connectivity index (χ0n) is 18.8. The number of ether oxygens (including phenoxy) is 3. The number of anilines is 1. The first-order chi connectivity index (χ1) is 16.4. The summed E-state index contributed by atoms with van der Waals surface area (Å²) in [6.45, 7) is 3.81. The number of hydrogen-bond acceptors (Lipinski definition) is 7. The van der Waals surface area contributed by atoms with Crippen molar-refractivity contribution in [2.45, 2.75) is 25.6 Å². The number of aryl methyl sites for hydroxylation is 1. The van der Waals surface area contributed by atoms with Crippen LogP contribution in [0.2, 0.25) is 0 Å². The van der Waals surface area contributed by atoms with E-state index in [-0.39, 0.29) is 24.3 Å². The van der Waals surface area contributed by atoms with Crippen LogP contribution < -0.4 is 19.5 Å². The minimum atomic E-state index is -0.740. The lowest BCUT2D eigenvalue weighted by Crippen LogP contribution is -2.35. The zero-order valence-corrected chi connectivity index (χ0v) is 18.8. The van der Waals surface area contributed by atoms with Crippen molar-refractivity contribution in [1.29, 1.82) is 0 Å². The van der Waals surface area contributed by atoms with Gasteiger partial charge in [0, 0.05) is 25.7 Å². The van der Waals surface area contributed by atoms with Gasteiger partial charge in [-0.3, -0.25) is 10.2 Å². The Bertz CT molecular complexity index is 1070. The number of likely N-dealkylation sites (tertiary alicyclic amines) is 1. The van der Waals surface area contributed by atoms with Gasteiger partial charge >= 0.3 is 6.09 Å². The van der Waals surface area contributed by atoms with Crippen molar-refractivity contribution in [2.24, 2.45) is 0 Å². The summed E-state index contributed by atoms with van der Waals surface area (Å²) in [5, 5.41) is 13.2. The van der Waals surface area contributed by atoms with Crippen LogP contribution in [0.4, 0.5) is 14.9 Å². The number of carbonyl (C=O) groups is 1. The standard InChI is InChI=1S/C25H27FN2O6/c1-17-2-7-23(27-25(30)34-22-9-11-31-16-22)24(12-17)32-15-19(29)13-28-10-8-21(14-28)33-20-5-3-18(26)4-6-20/h2-7,9,11-12,16,19,21,29H,8,10,13-15H2,1H3,(H,27,30). The van der Waals surface area contributed by atoms with Crippen LogP contribution in [0.25, 0.3) is 0 Å². The molecule has 4 rings (SSSR count). The fourth-order valence-electron chi connectivity index (χ4n) is 3.71. The van der Waals surface area contributed by atoms with Crippen molar-refractivity contribution in [1.82, 2.24) is 4.90 Å². The predicted molar refractivity (Wildman–Crippen MR) is 123 cm³/mol. The minimum absolute atomic E-state index is 0.0209. The molecule has 0 bridgehead atoms. The molecule has 8 nitrogen and oxygen atoms in total. The molecule has 2 aromatic carbocycles. The molecule has 1 aromatic heterocycles. The summed E-state index contributed by atoms with van der Waals surface area (Å²) in [6.07, 6.45) is 2.09. The second-order valence-corrected chi connectivity index (χ2v) is 8.18. The average molecular weight is 470 g/mol. The van der Waals surface area contributed by atoms with Crippen molar-refractivity contribution < 1.29 is 32.9 Å². The van der Waals surface area contributed by atoms with Crippen LogP contribution in [0.1, 0.15) is 12.0 Å². The largest absolute Gasteiger partial charge is 0.489 e. The number of halogens is 1. The number of carbonyl (C=O) groups excluding carboxylic acids is 1. The van der Waals surface area contributed by atoms with Gasteiger partial charge in [0.25, 0.3) is 0 Å². The van der Waals surface area contributed by atoms with Crippen molar-refractivity contribution in [3.63, 3.8) is 0 Å². The molecule has 1 aliphatic rings. The van der Waals surface area contributed by atoms with Crippen LogP contribution in [0.15, 0.2) is 65.5 Å². The van der Waals surface area contributed by atoms with Gasteiger partial charge in [-0.1, -0.05) is 6.07 Å². The van der Waals surface area contributed by atoms with Crippen LogP contribution >= 0.6 is 0 Å². The van der Waals surface area contributed by atoms with Gasteiger partial charge in [-0.05, 0) is 55.3 Å². The second kappa shape index (κ2) is 11.0. The molecular weight excluding hydrogens is 443 g/mol. The Hall–Kier alpha value is -3.56. The first kappa shape index (κ1) is 23.6. The summed E-state index contributed by atoms with van der Waals surface area (Å²) in [5.41, 5.74) is 1.37. The van der Waals surface area contributed by atoms with Gasteiger partial charge < -0.3 is 23.7 Å². The molecule has 180 valence electrons. The van der Waals surface area contributed by atoms with Crippen LogP contribution in [0.5, 0.6) is 17.2 Å². The van der Waals surface area contributed by atoms with Crippen LogP contribution in [0, 0.1) is 12.7 Å². The highest BCUT2D eigenvalue weighted by atomic mass is 19.1. The number of amides is 1. The lowest BCUT2D eigenvalue weighted by Gasteiger charge is -2.21. The van der Waals surface area contributed by atoms with E-state index in [2.05, 4.69) is 10.2 Å². The fraction of sp³-hybridized carbons (Fsp3) is 0.320. The average Bonchev–Trinajstić information content (AvgIpc) is 3.47. The van der Waals surface area contributed by atoms with Gasteiger partial charge in [0.05, 0.1) is 12.0 Å². The Labute approximate surface area is 196 Å². The second-order valence-electron chi connectivity index (χ2n) is 8.18. The summed E-state index contributed by atoms with van der Waals surface area (Å²) in [5.74, 6) is 1.05. The molecule has 0 saturated carbocycles. The molecule has 0 spiro atoms. The van der Waals surface area contributed by atoms with Gasteiger partial charge in [0.2, 0.25) is 0 Å². The Balaban J connectivity index is 1.25. The molecule has 1 saturated heterocycles. The number of furan rings is 1. The van der Waals surface area contributed by atoms with E-state index in [4.69, 9.17) is 18.6 Å². The third-order valence-corrected chi connectivity index (χ3v) is 5.33. The zero-order chi connectivity index (χ0) is 23.9. The number of benzene rings is 2. The first-order valence-corrected chi connectivity index (χ1v) is 11.0. The lowest BCUT2D eigenvalue weighted by molar-refractivity contribution is 0.0722. The van der Waals surface area contributed by atoms with Gasteiger partial charge in [0.15, 0.2) is 5.75 Å². The van der Waals surface area contributed by atoms with Crippen molar-refractivity contribution in [2.75, 3.05) is 31.6 Å². The van der Waals surface area contributed by atoms with Crippen molar-refractivity contribution in [3.05, 3.63) is 72.4 Å². The van der Waals surface area contributed by atoms with E-state index in [1.165, 1.54) is 30.7 Å². The van der Waals surface area contributed by atoms with E-state index >= 15 is 0 Å². The number of rotatable bonds is 9. The summed E-state index contributed by atoms with van der Waals surface area (Å²) in [4.78, 5) is 14.2. The summed E-state index contributed by atoms with van der Waals surface area (Å²) in [6, 6.07) is 12.8. The van der Waals surface area contributed by atoms with Gasteiger partial charge in [-0.25, -0.2) is 9.18 Å².